The maximum Gasteiger partial charge on any atom is 0.167 e. The molecule has 1 aliphatic carbocycles. The molecule has 2 rings (SSSR count). The smallest absolute Gasteiger partial charge is 0.167 e. The first-order chi connectivity index (χ1) is 7.12. The van der Waals surface area contributed by atoms with Gasteiger partial charge in [-0.05, 0) is 25.0 Å². The van der Waals surface area contributed by atoms with Gasteiger partial charge in [-0.1, -0.05) is 11.6 Å². The SMILES string of the molecule is COc1ccc(Cl)c(C2(N)CC2)c1OC. The maximum atomic E-state index is 6.15. The van der Waals surface area contributed by atoms with E-state index >= 15 is 0 Å². The number of hydrogen-bond donors (Lipinski definition) is 1. The first-order valence-corrected chi connectivity index (χ1v) is 5.20. The summed E-state index contributed by atoms with van der Waals surface area (Å²) in [6, 6.07) is 3.58. The Morgan fingerprint density at radius 1 is 1.27 bits per heavy atom. The van der Waals surface area contributed by atoms with Crippen molar-refractivity contribution in [2.24, 2.45) is 5.73 Å². The standard InChI is InChI=1S/C11H14ClNO2/c1-14-8-4-3-7(12)9(10(8)15-2)11(13)5-6-11/h3-4H,5-6,13H2,1-2H3. The molecule has 3 nitrogen and oxygen atoms in total. The normalized spacial score (nSPS) is 17.3. The Bertz CT molecular complexity index is 388. The minimum Gasteiger partial charge on any atom is -0.493 e. The van der Waals surface area contributed by atoms with Crippen molar-refractivity contribution in [1.82, 2.24) is 0 Å². The fraction of sp³-hybridized carbons (Fsp3) is 0.455. The minimum absolute atomic E-state index is 0.322. The number of hydrogen-bond acceptors (Lipinski definition) is 3. The summed E-state index contributed by atoms with van der Waals surface area (Å²) in [5.41, 5.74) is 6.69. The van der Waals surface area contributed by atoms with Gasteiger partial charge in [0.25, 0.3) is 0 Å². The Morgan fingerprint density at radius 2 is 1.93 bits per heavy atom. The fourth-order valence-electron chi connectivity index (χ4n) is 1.75. The van der Waals surface area contributed by atoms with E-state index in [1.54, 1.807) is 26.4 Å². The predicted octanol–water partition coefficient (Wildman–Crippen LogP) is 2.31. The van der Waals surface area contributed by atoms with E-state index in [-0.39, 0.29) is 5.54 Å². The number of nitrogens with two attached hydrogens (primary N) is 1. The van der Waals surface area contributed by atoms with Crippen LogP contribution < -0.4 is 15.2 Å². The number of methoxy groups -OCH3 is 2. The predicted molar refractivity (Wildman–Crippen MR) is 59.7 cm³/mol. The van der Waals surface area contributed by atoms with Gasteiger partial charge in [-0.2, -0.15) is 0 Å². The molecule has 1 aromatic rings. The highest BCUT2D eigenvalue weighted by Gasteiger charge is 2.44. The molecule has 0 spiro atoms. The van der Waals surface area contributed by atoms with Gasteiger partial charge in [0.2, 0.25) is 0 Å². The molecule has 82 valence electrons. The highest BCUT2D eigenvalue weighted by Crippen LogP contribution is 2.51. The van der Waals surface area contributed by atoms with Crippen LogP contribution in [0.4, 0.5) is 0 Å². The van der Waals surface area contributed by atoms with Gasteiger partial charge in [-0.15, -0.1) is 0 Å². The van der Waals surface area contributed by atoms with Crippen LogP contribution in [0, 0.1) is 0 Å². The Hall–Kier alpha value is -0.930. The zero-order valence-electron chi connectivity index (χ0n) is 8.84. The van der Waals surface area contributed by atoms with Crippen LogP contribution in [0.2, 0.25) is 5.02 Å². The first kappa shape index (κ1) is 10.6. The summed E-state index contributed by atoms with van der Waals surface area (Å²) in [5.74, 6) is 1.33. The second kappa shape index (κ2) is 3.58. The molecule has 1 fully saturated rings. The highest BCUT2D eigenvalue weighted by molar-refractivity contribution is 6.31. The molecule has 2 N–H and O–H groups in total. The first-order valence-electron chi connectivity index (χ1n) is 4.82. The van der Waals surface area contributed by atoms with Crippen LogP contribution in [0.5, 0.6) is 11.5 Å². The Kier molecular flexibility index (Phi) is 2.52. The van der Waals surface area contributed by atoms with Gasteiger partial charge in [0, 0.05) is 16.1 Å². The Morgan fingerprint density at radius 3 is 2.40 bits per heavy atom. The largest absolute Gasteiger partial charge is 0.493 e. The minimum atomic E-state index is -0.322. The molecule has 0 atom stereocenters. The molecular formula is C11H14ClNO2. The molecule has 0 heterocycles. The zero-order valence-corrected chi connectivity index (χ0v) is 9.60. The fourth-order valence-corrected chi connectivity index (χ4v) is 2.09. The molecule has 0 amide bonds. The number of ether oxygens (including phenoxy) is 2. The van der Waals surface area contributed by atoms with Gasteiger partial charge < -0.3 is 15.2 Å². The van der Waals surface area contributed by atoms with E-state index in [1.807, 2.05) is 0 Å². The summed E-state index contributed by atoms with van der Waals surface area (Å²) in [6.45, 7) is 0. The molecule has 0 radical (unpaired) electrons. The van der Waals surface area contributed by atoms with Gasteiger partial charge in [-0.25, -0.2) is 0 Å². The monoisotopic (exact) mass is 227 g/mol. The van der Waals surface area contributed by atoms with Crippen molar-refractivity contribution < 1.29 is 9.47 Å². The molecule has 0 aliphatic heterocycles. The molecule has 0 aromatic heterocycles. The van der Waals surface area contributed by atoms with Gasteiger partial charge in [0.15, 0.2) is 11.5 Å². The second-order valence-corrected chi connectivity index (χ2v) is 4.22. The van der Waals surface area contributed by atoms with Crippen LogP contribution in [0.3, 0.4) is 0 Å². The lowest BCUT2D eigenvalue weighted by Gasteiger charge is -2.18. The molecule has 1 aliphatic rings. The van der Waals surface area contributed by atoms with Crippen molar-refractivity contribution in [1.29, 1.82) is 0 Å². The quantitative estimate of drug-likeness (QED) is 0.862. The summed E-state index contributed by atoms with van der Waals surface area (Å²) in [5, 5.41) is 0.646. The van der Waals surface area contributed by atoms with Crippen molar-refractivity contribution in [3.8, 4) is 11.5 Å². The van der Waals surface area contributed by atoms with Gasteiger partial charge in [0.1, 0.15) is 0 Å². The van der Waals surface area contributed by atoms with Crippen LogP contribution in [-0.2, 0) is 5.54 Å². The van der Waals surface area contributed by atoms with Crippen molar-refractivity contribution in [3.05, 3.63) is 22.7 Å². The van der Waals surface area contributed by atoms with E-state index in [9.17, 15) is 0 Å². The molecule has 1 saturated carbocycles. The van der Waals surface area contributed by atoms with Crippen molar-refractivity contribution in [2.75, 3.05) is 14.2 Å². The second-order valence-electron chi connectivity index (χ2n) is 3.81. The third-order valence-corrected chi connectivity index (χ3v) is 3.10. The lowest BCUT2D eigenvalue weighted by atomic mass is 10.0. The molecule has 0 saturated heterocycles. The van der Waals surface area contributed by atoms with Crippen molar-refractivity contribution in [3.63, 3.8) is 0 Å². The molecule has 0 bridgehead atoms. The maximum absolute atomic E-state index is 6.15. The summed E-state index contributed by atoms with van der Waals surface area (Å²) in [7, 11) is 3.20. The van der Waals surface area contributed by atoms with Gasteiger partial charge in [0.05, 0.1) is 14.2 Å². The molecule has 1 aromatic carbocycles. The van der Waals surface area contributed by atoms with E-state index in [2.05, 4.69) is 0 Å². The van der Waals surface area contributed by atoms with E-state index in [1.165, 1.54) is 0 Å². The lowest BCUT2D eigenvalue weighted by Crippen LogP contribution is -2.20. The third kappa shape index (κ3) is 1.66. The average Bonchev–Trinajstić information content (AvgIpc) is 2.96. The average molecular weight is 228 g/mol. The van der Waals surface area contributed by atoms with E-state index in [0.717, 1.165) is 18.4 Å². The Balaban J connectivity index is 2.59. The summed E-state index contributed by atoms with van der Waals surface area (Å²) >= 11 is 6.15. The molecule has 4 heteroatoms. The van der Waals surface area contributed by atoms with Crippen LogP contribution in [-0.4, -0.2) is 14.2 Å². The summed E-state index contributed by atoms with van der Waals surface area (Å²) in [6.07, 6.45) is 1.88. The third-order valence-electron chi connectivity index (χ3n) is 2.78. The molecular weight excluding hydrogens is 214 g/mol. The van der Waals surface area contributed by atoms with Crippen LogP contribution in [0.1, 0.15) is 18.4 Å². The van der Waals surface area contributed by atoms with Crippen molar-refractivity contribution in [2.45, 2.75) is 18.4 Å². The van der Waals surface area contributed by atoms with E-state index < -0.39 is 0 Å². The lowest BCUT2D eigenvalue weighted by molar-refractivity contribution is 0.348. The Labute approximate surface area is 94.1 Å². The van der Waals surface area contributed by atoms with Crippen LogP contribution in [0.25, 0.3) is 0 Å². The van der Waals surface area contributed by atoms with E-state index in [4.69, 9.17) is 26.8 Å². The van der Waals surface area contributed by atoms with Crippen LogP contribution in [0.15, 0.2) is 12.1 Å². The summed E-state index contributed by atoms with van der Waals surface area (Å²) < 4.78 is 10.5. The zero-order chi connectivity index (χ0) is 11.1. The van der Waals surface area contributed by atoms with E-state index in [0.29, 0.717) is 16.5 Å². The van der Waals surface area contributed by atoms with Crippen LogP contribution >= 0.6 is 11.6 Å². The number of rotatable bonds is 3. The van der Waals surface area contributed by atoms with Gasteiger partial charge >= 0.3 is 0 Å². The number of benzene rings is 1. The topological polar surface area (TPSA) is 44.5 Å². The van der Waals surface area contributed by atoms with Crippen molar-refractivity contribution >= 4 is 11.6 Å². The summed E-state index contributed by atoms with van der Waals surface area (Å²) in [4.78, 5) is 0. The van der Waals surface area contributed by atoms with Gasteiger partial charge in [-0.3, -0.25) is 0 Å². The molecule has 15 heavy (non-hydrogen) atoms. The highest BCUT2D eigenvalue weighted by atomic mass is 35.5. The number of halogens is 1. The molecule has 0 unspecified atom stereocenters.